The summed E-state index contributed by atoms with van der Waals surface area (Å²) in [5.41, 5.74) is 0. The van der Waals surface area contributed by atoms with Crippen molar-refractivity contribution in [2.75, 3.05) is 13.2 Å². The lowest BCUT2D eigenvalue weighted by atomic mass is 10.1. The Morgan fingerprint density at radius 2 is 1.77 bits per heavy atom. The molecule has 0 spiro atoms. The Morgan fingerprint density at radius 3 is 2.23 bits per heavy atom. The van der Waals surface area contributed by atoms with Crippen LogP contribution in [0.4, 0.5) is 0 Å². The van der Waals surface area contributed by atoms with Crippen LogP contribution in [-0.2, 0) is 0 Å². The molecule has 3 heteroatoms. The molecule has 13 heavy (non-hydrogen) atoms. The number of hydrogen-bond acceptors (Lipinski definition) is 3. The summed E-state index contributed by atoms with van der Waals surface area (Å²) in [5.74, 6) is 0. The first-order valence-electron chi connectivity index (χ1n) is 5.22. The predicted molar refractivity (Wildman–Crippen MR) is 54.7 cm³/mol. The van der Waals surface area contributed by atoms with E-state index in [1.165, 1.54) is 19.3 Å². The van der Waals surface area contributed by atoms with E-state index < -0.39 is 0 Å². The smallest absolute Gasteiger partial charge is 0.0607 e. The van der Waals surface area contributed by atoms with Crippen LogP contribution in [0.3, 0.4) is 0 Å². The van der Waals surface area contributed by atoms with Gasteiger partial charge in [-0.15, -0.1) is 0 Å². The van der Waals surface area contributed by atoms with Crippen LogP contribution in [0.2, 0.25) is 0 Å². The molecule has 0 aromatic rings. The fourth-order valence-corrected chi connectivity index (χ4v) is 1.35. The molecule has 0 aliphatic rings. The van der Waals surface area contributed by atoms with Gasteiger partial charge in [0, 0.05) is 6.04 Å². The Bertz CT molecular complexity index is 105. The molecule has 0 aliphatic carbocycles. The van der Waals surface area contributed by atoms with E-state index in [2.05, 4.69) is 19.2 Å². The third-order valence-corrected chi connectivity index (χ3v) is 2.20. The molecule has 3 N–H and O–H groups in total. The first-order chi connectivity index (χ1) is 6.24. The van der Waals surface area contributed by atoms with E-state index in [4.69, 9.17) is 10.2 Å². The quantitative estimate of drug-likeness (QED) is 0.497. The van der Waals surface area contributed by atoms with E-state index in [9.17, 15) is 0 Å². The molecule has 80 valence electrons. The lowest BCUT2D eigenvalue weighted by Gasteiger charge is -2.19. The van der Waals surface area contributed by atoms with Gasteiger partial charge in [0.2, 0.25) is 0 Å². The van der Waals surface area contributed by atoms with Gasteiger partial charge in [-0.1, -0.05) is 26.2 Å². The van der Waals surface area contributed by atoms with Gasteiger partial charge in [-0.2, -0.15) is 0 Å². The van der Waals surface area contributed by atoms with Crippen molar-refractivity contribution in [2.45, 2.75) is 51.6 Å². The largest absolute Gasteiger partial charge is 0.395 e. The first kappa shape index (κ1) is 12.9. The van der Waals surface area contributed by atoms with Crippen molar-refractivity contribution in [1.29, 1.82) is 0 Å². The fourth-order valence-electron chi connectivity index (χ4n) is 1.35. The molecule has 0 radical (unpaired) electrons. The van der Waals surface area contributed by atoms with E-state index in [0.29, 0.717) is 6.04 Å². The number of hydrogen-bond donors (Lipinski definition) is 3. The van der Waals surface area contributed by atoms with Crippen molar-refractivity contribution in [1.82, 2.24) is 5.32 Å². The lowest BCUT2D eigenvalue weighted by molar-refractivity contribution is 0.162. The second-order valence-electron chi connectivity index (χ2n) is 3.63. The van der Waals surface area contributed by atoms with Crippen molar-refractivity contribution in [3.05, 3.63) is 0 Å². The molecule has 0 amide bonds. The van der Waals surface area contributed by atoms with Crippen LogP contribution in [0, 0.1) is 0 Å². The Kier molecular flexibility index (Phi) is 8.40. The van der Waals surface area contributed by atoms with Crippen molar-refractivity contribution >= 4 is 0 Å². The molecule has 3 nitrogen and oxygen atoms in total. The highest BCUT2D eigenvalue weighted by atomic mass is 16.3. The molecular weight excluding hydrogens is 166 g/mol. The highest BCUT2D eigenvalue weighted by Crippen LogP contribution is 2.03. The summed E-state index contributed by atoms with van der Waals surface area (Å²) in [6, 6.07) is 0.229. The maximum Gasteiger partial charge on any atom is 0.0607 e. The van der Waals surface area contributed by atoms with Gasteiger partial charge >= 0.3 is 0 Å². The van der Waals surface area contributed by atoms with Crippen molar-refractivity contribution in [2.24, 2.45) is 0 Å². The SMILES string of the molecule is CCCCC[C@H](C)NC(CO)CO. The molecule has 1 atom stereocenters. The first-order valence-corrected chi connectivity index (χ1v) is 5.22. The molecule has 0 heterocycles. The minimum Gasteiger partial charge on any atom is -0.395 e. The average molecular weight is 189 g/mol. The number of aliphatic hydroxyl groups is 2. The summed E-state index contributed by atoms with van der Waals surface area (Å²) >= 11 is 0. The van der Waals surface area contributed by atoms with Crippen LogP contribution in [0.25, 0.3) is 0 Å². The molecular formula is C10H23NO2. The van der Waals surface area contributed by atoms with Gasteiger partial charge in [-0.05, 0) is 13.3 Å². The minimum atomic E-state index is -0.156. The van der Waals surface area contributed by atoms with E-state index in [0.717, 1.165) is 6.42 Å². The van der Waals surface area contributed by atoms with Crippen molar-refractivity contribution in [3.8, 4) is 0 Å². The Hall–Kier alpha value is -0.120. The molecule has 0 saturated heterocycles. The molecule has 0 aliphatic heterocycles. The summed E-state index contributed by atoms with van der Waals surface area (Å²) in [4.78, 5) is 0. The number of unbranched alkanes of at least 4 members (excludes halogenated alkanes) is 2. The van der Waals surface area contributed by atoms with Gasteiger partial charge in [0.05, 0.1) is 19.3 Å². The highest BCUT2D eigenvalue weighted by Gasteiger charge is 2.08. The summed E-state index contributed by atoms with van der Waals surface area (Å²) < 4.78 is 0. The van der Waals surface area contributed by atoms with E-state index in [-0.39, 0.29) is 19.3 Å². The maximum absolute atomic E-state index is 8.82. The average Bonchev–Trinajstić information content (AvgIpc) is 2.14. The zero-order valence-electron chi connectivity index (χ0n) is 8.79. The maximum atomic E-state index is 8.82. The van der Waals surface area contributed by atoms with Gasteiger partial charge in [-0.3, -0.25) is 0 Å². The van der Waals surface area contributed by atoms with Crippen LogP contribution < -0.4 is 5.32 Å². The normalized spacial score (nSPS) is 13.6. The van der Waals surface area contributed by atoms with Crippen molar-refractivity contribution < 1.29 is 10.2 Å². The van der Waals surface area contributed by atoms with E-state index in [1.54, 1.807) is 0 Å². The third-order valence-electron chi connectivity index (χ3n) is 2.20. The van der Waals surface area contributed by atoms with Gasteiger partial charge in [0.15, 0.2) is 0 Å². The Labute approximate surface area is 81.2 Å². The van der Waals surface area contributed by atoms with Crippen molar-refractivity contribution in [3.63, 3.8) is 0 Å². The molecule has 0 fully saturated rings. The van der Waals surface area contributed by atoms with Crippen LogP contribution in [-0.4, -0.2) is 35.5 Å². The molecule has 0 saturated carbocycles. The summed E-state index contributed by atoms with van der Waals surface area (Å²) in [6.07, 6.45) is 4.82. The van der Waals surface area contributed by atoms with Crippen LogP contribution in [0.5, 0.6) is 0 Å². The van der Waals surface area contributed by atoms with E-state index in [1.807, 2.05) is 0 Å². The monoisotopic (exact) mass is 189 g/mol. The zero-order chi connectivity index (χ0) is 10.1. The van der Waals surface area contributed by atoms with Gasteiger partial charge in [-0.25, -0.2) is 0 Å². The second kappa shape index (κ2) is 8.48. The van der Waals surface area contributed by atoms with Gasteiger partial charge < -0.3 is 15.5 Å². The van der Waals surface area contributed by atoms with Crippen LogP contribution >= 0.6 is 0 Å². The summed E-state index contributed by atoms with van der Waals surface area (Å²) in [6.45, 7) is 4.29. The predicted octanol–water partition coefficient (Wildman–Crippen LogP) is 0.898. The standard InChI is InChI=1S/C10H23NO2/c1-3-4-5-6-9(2)11-10(7-12)8-13/h9-13H,3-8H2,1-2H3/t9-/m0/s1. The Balaban J connectivity index is 3.42. The number of aliphatic hydroxyl groups excluding tert-OH is 2. The minimum absolute atomic E-state index is 0.00855. The third kappa shape index (κ3) is 6.99. The number of nitrogens with one attached hydrogen (secondary N) is 1. The molecule has 0 aromatic carbocycles. The number of rotatable bonds is 8. The molecule has 0 bridgehead atoms. The zero-order valence-corrected chi connectivity index (χ0v) is 8.79. The molecule has 0 aromatic heterocycles. The summed E-state index contributed by atoms with van der Waals surface area (Å²) in [5, 5.41) is 20.8. The highest BCUT2D eigenvalue weighted by molar-refractivity contribution is 4.69. The van der Waals surface area contributed by atoms with E-state index >= 15 is 0 Å². The molecule has 0 unspecified atom stereocenters. The van der Waals surface area contributed by atoms with Gasteiger partial charge in [0.25, 0.3) is 0 Å². The Morgan fingerprint density at radius 1 is 1.15 bits per heavy atom. The fraction of sp³-hybridized carbons (Fsp3) is 1.00. The lowest BCUT2D eigenvalue weighted by Crippen LogP contribution is -2.41. The van der Waals surface area contributed by atoms with Gasteiger partial charge in [0.1, 0.15) is 0 Å². The van der Waals surface area contributed by atoms with Crippen LogP contribution in [0.15, 0.2) is 0 Å². The molecule has 0 rings (SSSR count). The summed E-state index contributed by atoms with van der Waals surface area (Å²) in [7, 11) is 0. The topological polar surface area (TPSA) is 52.5 Å². The second-order valence-corrected chi connectivity index (χ2v) is 3.63. The van der Waals surface area contributed by atoms with Crippen LogP contribution in [0.1, 0.15) is 39.5 Å².